The minimum Gasteiger partial charge on any atom is -0.481 e. The molecule has 5 aromatic rings. The molecule has 0 radical (unpaired) electrons. The van der Waals surface area contributed by atoms with Gasteiger partial charge in [-0.25, -0.2) is 9.97 Å². The van der Waals surface area contributed by atoms with Crippen LogP contribution >= 0.6 is 23.2 Å². The van der Waals surface area contributed by atoms with E-state index >= 15 is 0 Å². The van der Waals surface area contributed by atoms with Gasteiger partial charge in [-0.3, -0.25) is 14.0 Å². The van der Waals surface area contributed by atoms with Gasteiger partial charge in [-0.1, -0.05) is 65.7 Å². The Morgan fingerprint density at radius 3 is 2.36 bits per heavy atom. The van der Waals surface area contributed by atoms with Crippen LogP contribution in [0.25, 0.3) is 39.2 Å². The van der Waals surface area contributed by atoms with E-state index in [9.17, 15) is 14.7 Å². The highest BCUT2D eigenvalue weighted by molar-refractivity contribution is 6.39. The number of pyridine rings is 2. The number of hydrogen-bond acceptors (Lipinski definition) is 8. The second-order valence-electron chi connectivity index (χ2n) is 12.9. The minimum atomic E-state index is -0.124. The Balaban J connectivity index is 1.11. The van der Waals surface area contributed by atoms with Crippen molar-refractivity contribution in [3.05, 3.63) is 105 Å². The van der Waals surface area contributed by atoms with Crippen LogP contribution in [-0.4, -0.2) is 58.2 Å². The third-order valence-electron chi connectivity index (χ3n) is 9.60. The van der Waals surface area contributed by atoms with Crippen LogP contribution in [0, 0.1) is 11.8 Å². The van der Waals surface area contributed by atoms with Gasteiger partial charge in [-0.2, -0.15) is 0 Å². The van der Waals surface area contributed by atoms with Crippen molar-refractivity contribution in [3.8, 4) is 39.4 Å². The van der Waals surface area contributed by atoms with Crippen LogP contribution in [0.3, 0.4) is 0 Å². The highest BCUT2D eigenvalue weighted by atomic mass is 35.5. The number of aliphatic hydroxyl groups excluding tert-OH is 1. The molecule has 3 aromatic heterocycles. The summed E-state index contributed by atoms with van der Waals surface area (Å²) in [6.07, 6.45) is 5.77. The SMILES string of the molecule is COc1nc(-c2cccc(-c3cccc(-c4ccn5c(=O)c(CNC[C@@H]6C[C@@H]6CO)cnc5c4)c3Cl)c2Cl)ccc1CNC[C@@H]1CCC(=O)N1. The van der Waals surface area contributed by atoms with E-state index in [2.05, 4.69) is 20.9 Å². The van der Waals surface area contributed by atoms with E-state index in [1.54, 1.807) is 23.9 Å². The van der Waals surface area contributed by atoms with Gasteiger partial charge < -0.3 is 25.8 Å². The number of nitrogens with zero attached hydrogens (tertiary/aromatic N) is 3. The van der Waals surface area contributed by atoms with E-state index in [1.807, 2.05) is 60.7 Å². The highest BCUT2D eigenvalue weighted by Gasteiger charge is 2.35. The molecule has 50 heavy (non-hydrogen) atoms. The van der Waals surface area contributed by atoms with Gasteiger partial charge >= 0.3 is 0 Å². The molecule has 1 amide bonds. The maximum atomic E-state index is 13.2. The van der Waals surface area contributed by atoms with Gasteiger partial charge in [0.2, 0.25) is 11.8 Å². The zero-order valence-corrected chi connectivity index (χ0v) is 29.1. The summed E-state index contributed by atoms with van der Waals surface area (Å²) in [5.74, 6) is 1.43. The predicted molar refractivity (Wildman–Crippen MR) is 195 cm³/mol. The number of hydrogen-bond donors (Lipinski definition) is 4. The summed E-state index contributed by atoms with van der Waals surface area (Å²) in [6, 6.07) is 19.3. The third-order valence-corrected chi connectivity index (χ3v) is 10.4. The van der Waals surface area contributed by atoms with Crippen molar-refractivity contribution in [2.75, 3.05) is 26.8 Å². The fraction of sp³-hybridized carbons (Fsp3) is 0.316. The summed E-state index contributed by atoms with van der Waals surface area (Å²) in [5.41, 5.74) is 6.39. The second kappa shape index (κ2) is 14.9. The fourth-order valence-corrected chi connectivity index (χ4v) is 7.28. The molecule has 10 nitrogen and oxygen atoms in total. The molecule has 2 aromatic carbocycles. The second-order valence-corrected chi connectivity index (χ2v) is 13.7. The number of aromatic nitrogens is 3. The van der Waals surface area contributed by atoms with Crippen molar-refractivity contribution >= 4 is 34.8 Å². The molecule has 12 heteroatoms. The minimum absolute atomic E-state index is 0.0947. The first-order valence-corrected chi connectivity index (χ1v) is 17.5. The fourth-order valence-electron chi connectivity index (χ4n) is 6.62. The first kappa shape index (κ1) is 34.1. The molecule has 258 valence electrons. The first-order chi connectivity index (χ1) is 24.3. The summed E-state index contributed by atoms with van der Waals surface area (Å²) in [7, 11) is 1.59. The number of carbonyl (C=O) groups is 1. The molecule has 1 aliphatic heterocycles. The lowest BCUT2D eigenvalue weighted by molar-refractivity contribution is -0.119. The lowest BCUT2D eigenvalue weighted by Gasteiger charge is -2.16. The number of amides is 1. The summed E-state index contributed by atoms with van der Waals surface area (Å²) in [5, 5.41) is 20.0. The van der Waals surface area contributed by atoms with Gasteiger partial charge in [0.15, 0.2) is 0 Å². The van der Waals surface area contributed by atoms with Crippen LogP contribution in [0.1, 0.15) is 30.4 Å². The molecule has 2 fully saturated rings. The van der Waals surface area contributed by atoms with Gasteiger partial charge in [0.05, 0.1) is 22.8 Å². The molecule has 1 aliphatic carbocycles. The van der Waals surface area contributed by atoms with E-state index in [0.29, 0.717) is 70.7 Å². The van der Waals surface area contributed by atoms with Crippen molar-refractivity contribution in [2.45, 2.75) is 38.4 Å². The maximum Gasteiger partial charge on any atom is 0.262 e. The van der Waals surface area contributed by atoms with Gasteiger partial charge in [0.25, 0.3) is 5.56 Å². The molecule has 1 saturated heterocycles. The van der Waals surface area contributed by atoms with Crippen molar-refractivity contribution in [2.24, 2.45) is 11.8 Å². The Hall–Kier alpha value is -4.32. The molecule has 4 N–H and O–H groups in total. The van der Waals surface area contributed by atoms with Crippen LogP contribution in [0.5, 0.6) is 5.88 Å². The van der Waals surface area contributed by atoms with Gasteiger partial charge in [0, 0.05) is 84.5 Å². The van der Waals surface area contributed by atoms with Crippen LogP contribution in [0.2, 0.25) is 10.0 Å². The zero-order chi connectivity index (χ0) is 34.8. The van der Waals surface area contributed by atoms with E-state index in [4.69, 9.17) is 32.9 Å². The lowest BCUT2D eigenvalue weighted by atomic mass is 9.97. The van der Waals surface area contributed by atoms with Gasteiger partial charge in [-0.05, 0) is 55.0 Å². The first-order valence-electron chi connectivity index (χ1n) is 16.8. The Labute approximate surface area is 299 Å². The maximum absolute atomic E-state index is 13.2. The molecular formula is C38H38Cl2N6O4. The average Bonchev–Trinajstić information content (AvgIpc) is 3.77. The predicted octanol–water partition coefficient (Wildman–Crippen LogP) is 5.49. The van der Waals surface area contributed by atoms with Crippen LogP contribution in [-0.2, 0) is 17.9 Å². The molecule has 2 aliphatic rings. The smallest absolute Gasteiger partial charge is 0.262 e. The Kier molecular flexibility index (Phi) is 10.2. The number of fused-ring (bicyclic) bond motifs is 1. The Bertz CT molecular complexity index is 2120. The number of nitrogens with one attached hydrogen (secondary N) is 3. The van der Waals surface area contributed by atoms with E-state index in [1.165, 1.54) is 0 Å². The number of methoxy groups -OCH3 is 1. The van der Waals surface area contributed by atoms with Crippen molar-refractivity contribution in [1.82, 2.24) is 30.3 Å². The molecule has 0 bridgehead atoms. The molecule has 3 atom stereocenters. The molecule has 1 saturated carbocycles. The zero-order valence-electron chi connectivity index (χ0n) is 27.6. The number of ether oxygens (including phenoxy) is 1. The number of carbonyl (C=O) groups excluding carboxylic acids is 1. The third kappa shape index (κ3) is 7.12. The van der Waals surface area contributed by atoms with E-state index < -0.39 is 0 Å². The van der Waals surface area contributed by atoms with Crippen LogP contribution < -0.4 is 26.2 Å². The molecular weight excluding hydrogens is 675 g/mol. The number of halogens is 2. The topological polar surface area (TPSA) is 130 Å². The monoisotopic (exact) mass is 712 g/mol. The van der Waals surface area contributed by atoms with Crippen LogP contribution in [0.15, 0.2) is 77.9 Å². The van der Waals surface area contributed by atoms with E-state index in [0.717, 1.165) is 52.8 Å². The van der Waals surface area contributed by atoms with Gasteiger partial charge in [-0.15, -0.1) is 0 Å². The summed E-state index contributed by atoms with van der Waals surface area (Å²) >= 11 is 14.2. The summed E-state index contributed by atoms with van der Waals surface area (Å²) in [6.45, 7) is 2.62. The molecule has 7 rings (SSSR count). The Morgan fingerprint density at radius 1 is 0.920 bits per heavy atom. The number of rotatable bonds is 13. The Morgan fingerprint density at radius 2 is 1.64 bits per heavy atom. The average molecular weight is 714 g/mol. The van der Waals surface area contributed by atoms with Crippen molar-refractivity contribution in [3.63, 3.8) is 0 Å². The largest absolute Gasteiger partial charge is 0.481 e. The lowest BCUT2D eigenvalue weighted by Crippen LogP contribution is -2.35. The van der Waals surface area contributed by atoms with Crippen molar-refractivity contribution in [1.29, 1.82) is 0 Å². The van der Waals surface area contributed by atoms with Crippen LogP contribution in [0.4, 0.5) is 0 Å². The number of aliphatic hydroxyl groups is 1. The quantitative estimate of drug-likeness (QED) is 0.126. The summed E-state index contributed by atoms with van der Waals surface area (Å²) in [4.78, 5) is 34.1. The van der Waals surface area contributed by atoms with Crippen molar-refractivity contribution < 1.29 is 14.6 Å². The molecule has 4 heterocycles. The van der Waals surface area contributed by atoms with Gasteiger partial charge in [0.1, 0.15) is 5.65 Å². The number of benzene rings is 2. The van der Waals surface area contributed by atoms with E-state index in [-0.39, 0.29) is 24.1 Å². The standard InChI is InChI=1S/C38H38Cl2N6O4/c1-50-37-23(16-42-20-27-9-11-34(48)44-27)8-10-32(45-37)31-7-3-6-30(36(31)40)29-5-2-4-28(35(29)39)22-12-13-46-33(15-22)43-19-26(38(46)49)18-41-17-24-14-25(24)21-47/h2-8,10,12-13,15,19,24-25,27,41-42,47H,9,11,14,16-18,20-21H2,1H3,(H,44,48)/t24-,25+,27-/m0/s1. The summed E-state index contributed by atoms with van der Waals surface area (Å²) < 4.78 is 7.19. The normalized spacial score (nSPS) is 18.4. The highest BCUT2D eigenvalue weighted by Crippen LogP contribution is 2.42. The molecule has 0 spiro atoms. The molecule has 0 unspecified atom stereocenters.